The van der Waals surface area contributed by atoms with Gasteiger partial charge in [-0.05, 0) is 67.1 Å². The molecule has 0 aliphatic carbocycles. The molecule has 6 nitrogen and oxygen atoms in total. The van der Waals surface area contributed by atoms with Crippen molar-refractivity contribution in [2.45, 2.75) is 11.8 Å². The average Bonchev–Trinajstić information content (AvgIpc) is 2.81. The number of amides is 1. The van der Waals surface area contributed by atoms with Crippen molar-refractivity contribution in [1.29, 1.82) is 0 Å². The van der Waals surface area contributed by atoms with E-state index >= 15 is 0 Å². The number of nitrogens with one attached hydrogen (secondary N) is 1. The molecule has 0 radical (unpaired) electrons. The van der Waals surface area contributed by atoms with Gasteiger partial charge in [-0.1, -0.05) is 12.1 Å². The van der Waals surface area contributed by atoms with Crippen molar-refractivity contribution >= 4 is 27.3 Å². The Labute approximate surface area is 191 Å². The number of hydrogen-bond acceptors (Lipinski definition) is 4. The molecule has 0 unspecified atom stereocenters. The van der Waals surface area contributed by atoms with Crippen LogP contribution in [0.1, 0.15) is 15.9 Å². The first-order valence-corrected chi connectivity index (χ1v) is 11.9. The summed E-state index contributed by atoms with van der Waals surface area (Å²) in [6.45, 7) is 4.65. The summed E-state index contributed by atoms with van der Waals surface area (Å²) in [5.41, 5.74) is 2.97. The first-order chi connectivity index (χ1) is 15.7. The molecule has 0 bridgehead atoms. The van der Waals surface area contributed by atoms with Crippen LogP contribution in [-0.2, 0) is 10.0 Å². The first kappa shape index (κ1) is 22.7. The van der Waals surface area contributed by atoms with E-state index in [1.54, 1.807) is 17.0 Å². The highest BCUT2D eigenvalue weighted by Gasteiger charge is 2.23. The molecule has 172 valence electrons. The Kier molecular flexibility index (Phi) is 6.33. The van der Waals surface area contributed by atoms with Gasteiger partial charge >= 0.3 is 0 Å². The summed E-state index contributed by atoms with van der Waals surface area (Å²) in [5.74, 6) is -2.51. The predicted molar refractivity (Wildman–Crippen MR) is 123 cm³/mol. The third-order valence-electron chi connectivity index (χ3n) is 5.52. The average molecular weight is 472 g/mol. The molecule has 0 spiro atoms. The fourth-order valence-corrected chi connectivity index (χ4v) is 4.78. The Balaban J connectivity index is 1.39. The molecule has 1 amide bonds. The summed E-state index contributed by atoms with van der Waals surface area (Å²) in [4.78, 5) is 16.5. The van der Waals surface area contributed by atoms with Crippen LogP contribution in [0.2, 0.25) is 0 Å². The fraction of sp³-hybridized carbons (Fsp3) is 0.208. The summed E-state index contributed by atoms with van der Waals surface area (Å²) >= 11 is 0. The van der Waals surface area contributed by atoms with Crippen molar-refractivity contribution in [2.24, 2.45) is 0 Å². The lowest BCUT2D eigenvalue weighted by molar-refractivity contribution is 0.0747. The van der Waals surface area contributed by atoms with Crippen LogP contribution < -0.4 is 9.62 Å². The lowest BCUT2D eigenvalue weighted by Crippen LogP contribution is -2.48. The first-order valence-electron chi connectivity index (χ1n) is 10.4. The van der Waals surface area contributed by atoms with Gasteiger partial charge in [-0.25, -0.2) is 17.2 Å². The van der Waals surface area contributed by atoms with Crippen molar-refractivity contribution in [3.8, 4) is 0 Å². The summed E-state index contributed by atoms with van der Waals surface area (Å²) in [7, 11) is -4.10. The zero-order chi connectivity index (χ0) is 23.6. The lowest BCUT2D eigenvalue weighted by atomic mass is 10.1. The Morgan fingerprint density at radius 2 is 1.58 bits per heavy atom. The second-order valence-corrected chi connectivity index (χ2v) is 9.56. The van der Waals surface area contributed by atoms with Gasteiger partial charge in [0.2, 0.25) is 0 Å². The van der Waals surface area contributed by atoms with Crippen LogP contribution in [0, 0.1) is 18.6 Å². The van der Waals surface area contributed by atoms with Crippen LogP contribution in [0.15, 0.2) is 71.6 Å². The molecule has 3 aromatic rings. The Morgan fingerprint density at radius 3 is 2.21 bits per heavy atom. The zero-order valence-corrected chi connectivity index (χ0v) is 18.8. The summed E-state index contributed by atoms with van der Waals surface area (Å²) < 4.78 is 53.6. The van der Waals surface area contributed by atoms with Gasteiger partial charge in [0.15, 0.2) is 11.6 Å². The van der Waals surface area contributed by atoms with Crippen molar-refractivity contribution in [3.05, 3.63) is 89.5 Å². The van der Waals surface area contributed by atoms with E-state index in [1.165, 1.54) is 17.7 Å². The molecule has 1 aliphatic heterocycles. The number of benzene rings is 3. The number of carbonyl (C=O) groups is 1. The SMILES string of the molecule is Cc1cccc(N2CCN(C(=O)c3ccc(NS(=O)(=O)c4ccc(F)c(F)c4)cc3)CC2)c1. The van der Waals surface area contributed by atoms with E-state index in [0.29, 0.717) is 24.7 Å². The molecule has 1 fully saturated rings. The van der Waals surface area contributed by atoms with E-state index in [0.717, 1.165) is 30.9 Å². The van der Waals surface area contributed by atoms with Gasteiger partial charge in [0.25, 0.3) is 15.9 Å². The fourth-order valence-electron chi connectivity index (χ4n) is 3.71. The number of hydrogen-bond donors (Lipinski definition) is 1. The predicted octanol–water partition coefficient (Wildman–Crippen LogP) is 4.04. The van der Waals surface area contributed by atoms with Crippen LogP contribution in [-0.4, -0.2) is 45.4 Å². The van der Waals surface area contributed by atoms with E-state index in [1.807, 2.05) is 19.1 Å². The largest absolute Gasteiger partial charge is 0.368 e. The normalized spacial score (nSPS) is 14.3. The van der Waals surface area contributed by atoms with Crippen molar-refractivity contribution in [2.75, 3.05) is 35.8 Å². The van der Waals surface area contributed by atoms with E-state index in [2.05, 4.69) is 21.8 Å². The smallest absolute Gasteiger partial charge is 0.261 e. The summed E-state index contributed by atoms with van der Waals surface area (Å²) in [5, 5.41) is 0. The van der Waals surface area contributed by atoms with Gasteiger partial charge in [0, 0.05) is 43.1 Å². The molecule has 1 heterocycles. The van der Waals surface area contributed by atoms with Gasteiger partial charge in [-0.3, -0.25) is 9.52 Å². The van der Waals surface area contributed by atoms with Crippen LogP contribution in [0.3, 0.4) is 0 Å². The number of rotatable bonds is 5. The van der Waals surface area contributed by atoms with E-state index in [4.69, 9.17) is 0 Å². The highest BCUT2D eigenvalue weighted by molar-refractivity contribution is 7.92. The lowest BCUT2D eigenvalue weighted by Gasteiger charge is -2.36. The molecule has 0 atom stereocenters. The van der Waals surface area contributed by atoms with Crippen molar-refractivity contribution in [3.63, 3.8) is 0 Å². The Hall–Kier alpha value is -3.46. The number of nitrogens with zero attached hydrogens (tertiary/aromatic N) is 2. The van der Waals surface area contributed by atoms with Crippen LogP contribution >= 0.6 is 0 Å². The minimum Gasteiger partial charge on any atom is -0.368 e. The molecule has 1 saturated heterocycles. The highest BCUT2D eigenvalue weighted by atomic mass is 32.2. The second-order valence-electron chi connectivity index (χ2n) is 7.88. The molecular formula is C24H23F2N3O3S. The van der Waals surface area contributed by atoms with Gasteiger partial charge in [-0.2, -0.15) is 0 Å². The van der Waals surface area contributed by atoms with Crippen LogP contribution in [0.4, 0.5) is 20.2 Å². The standard InChI is InChI=1S/C24H23F2N3O3S/c1-17-3-2-4-20(15-17)28-11-13-29(14-12-28)24(30)18-5-7-19(8-6-18)27-33(31,32)21-9-10-22(25)23(26)16-21/h2-10,15-16,27H,11-14H2,1H3. The highest BCUT2D eigenvalue weighted by Crippen LogP contribution is 2.21. The van der Waals surface area contributed by atoms with Gasteiger partial charge in [-0.15, -0.1) is 0 Å². The van der Waals surface area contributed by atoms with Gasteiger partial charge in [0.1, 0.15) is 0 Å². The number of aryl methyl sites for hydroxylation is 1. The second kappa shape index (κ2) is 9.19. The molecule has 0 saturated carbocycles. The molecule has 3 aromatic carbocycles. The van der Waals surface area contributed by atoms with Crippen molar-refractivity contribution in [1.82, 2.24) is 4.90 Å². The Morgan fingerprint density at radius 1 is 0.879 bits per heavy atom. The molecule has 1 aliphatic rings. The zero-order valence-electron chi connectivity index (χ0n) is 18.0. The molecule has 0 aromatic heterocycles. The molecule has 33 heavy (non-hydrogen) atoms. The maximum atomic E-state index is 13.4. The molecule has 9 heteroatoms. The Bertz CT molecular complexity index is 1270. The van der Waals surface area contributed by atoms with Gasteiger partial charge in [0.05, 0.1) is 4.90 Å². The van der Waals surface area contributed by atoms with Gasteiger partial charge < -0.3 is 9.80 Å². The topological polar surface area (TPSA) is 69.7 Å². The maximum Gasteiger partial charge on any atom is 0.261 e. The number of anilines is 2. The number of carbonyl (C=O) groups excluding carboxylic acids is 1. The third kappa shape index (κ3) is 5.14. The minimum absolute atomic E-state index is 0.131. The molecular weight excluding hydrogens is 448 g/mol. The number of halogens is 2. The van der Waals surface area contributed by atoms with Crippen molar-refractivity contribution < 1.29 is 22.0 Å². The van der Waals surface area contributed by atoms with Crippen LogP contribution in [0.5, 0.6) is 0 Å². The quantitative estimate of drug-likeness (QED) is 0.610. The molecule has 1 N–H and O–H groups in total. The summed E-state index contributed by atoms with van der Waals surface area (Å²) in [6, 6.07) is 16.6. The molecule has 4 rings (SSSR count). The van der Waals surface area contributed by atoms with E-state index in [9.17, 15) is 22.0 Å². The number of sulfonamides is 1. The number of piperazine rings is 1. The maximum absolute atomic E-state index is 13.4. The van der Waals surface area contributed by atoms with E-state index in [-0.39, 0.29) is 11.6 Å². The monoisotopic (exact) mass is 471 g/mol. The minimum atomic E-state index is -4.10. The summed E-state index contributed by atoms with van der Waals surface area (Å²) in [6.07, 6.45) is 0. The van der Waals surface area contributed by atoms with E-state index < -0.39 is 26.6 Å². The van der Waals surface area contributed by atoms with Crippen LogP contribution in [0.25, 0.3) is 0 Å². The third-order valence-corrected chi connectivity index (χ3v) is 6.90.